The predicted molar refractivity (Wildman–Crippen MR) is 165 cm³/mol. The maximum atomic E-state index is 12.5. The third-order valence-corrected chi connectivity index (χ3v) is 6.54. The summed E-state index contributed by atoms with van der Waals surface area (Å²) in [5.74, 6) is -1.37. The first kappa shape index (κ1) is 33.5. The summed E-state index contributed by atoms with van der Waals surface area (Å²) in [6.45, 7) is 2.27. The second-order valence-electron chi connectivity index (χ2n) is 9.20. The lowest BCUT2D eigenvalue weighted by Gasteiger charge is -2.22. The monoisotopic (exact) mass is 600 g/mol. The first-order valence-corrected chi connectivity index (χ1v) is 12.8. The minimum absolute atomic E-state index is 0. The Kier molecular flexibility index (Phi) is 13.5. The maximum Gasteiger partial charge on any atom is 0.407 e. The lowest BCUT2D eigenvalue weighted by Crippen LogP contribution is -2.49. The van der Waals surface area contributed by atoms with Crippen molar-refractivity contribution in [3.63, 3.8) is 0 Å². The fourth-order valence-electron chi connectivity index (χ4n) is 4.55. The third kappa shape index (κ3) is 9.17. The summed E-state index contributed by atoms with van der Waals surface area (Å²) in [4.78, 5) is 36.2. The number of benzene rings is 3. The Labute approximate surface area is 253 Å². The molecule has 0 aliphatic heterocycles. The zero-order chi connectivity index (χ0) is 27.6. The van der Waals surface area contributed by atoms with Crippen LogP contribution in [0.2, 0.25) is 0 Å². The number of carboxylic acid groups (broad SMARTS) is 1. The molecule has 3 N–H and O–H groups in total. The highest BCUT2D eigenvalue weighted by Gasteiger charge is 2.31. The van der Waals surface area contributed by atoms with Crippen LogP contribution < -0.4 is 10.6 Å². The fourth-order valence-corrected chi connectivity index (χ4v) is 4.55. The first-order valence-electron chi connectivity index (χ1n) is 12.8. The van der Waals surface area contributed by atoms with Crippen molar-refractivity contribution in [2.45, 2.75) is 38.0 Å². The molecule has 1 aliphatic carbocycles. The number of fused-ring (bicyclic) bond motifs is 3. The summed E-state index contributed by atoms with van der Waals surface area (Å²) in [7, 11) is 0. The van der Waals surface area contributed by atoms with Crippen molar-refractivity contribution in [2.24, 2.45) is 0 Å². The number of hydrogen-bond donors (Lipinski definition) is 3. The highest BCUT2D eigenvalue weighted by Crippen LogP contribution is 2.44. The van der Waals surface area contributed by atoms with Crippen LogP contribution in [0.4, 0.5) is 9.59 Å². The van der Waals surface area contributed by atoms with Crippen molar-refractivity contribution in [3.05, 3.63) is 95.6 Å². The highest BCUT2D eigenvalue weighted by molar-refractivity contribution is 7.59. The largest absolute Gasteiger partial charge is 0.480 e. The van der Waals surface area contributed by atoms with Crippen LogP contribution in [0.1, 0.15) is 36.0 Å². The number of alkyl carbamates (subject to hydrolysis) is 2. The van der Waals surface area contributed by atoms with Crippen LogP contribution in [-0.2, 0) is 25.6 Å². The van der Waals surface area contributed by atoms with E-state index in [4.69, 9.17) is 14.2 Å². The van der Waals surface area contributed by atoms with Crippen molar-refractivity contribution in [3.8, 4) is 11.1 Å². The van der Waals surface area contributed by atoms with Gasteiger partial charge in [0.25, 0.3) is 0 Å². The quantitative estimate of drug-likeness (QED) is 0.252. The van der Waals surface area contributed by atoms with Gasteiger partial charge in [-0.25, -0.2) is 14.4 Å². The van der Waals surface area contributed by atoms with Crippen molar-refractivity contribution in [2.75, 3.05) is 19.8 Å². The van der Waals surface area contributed by atoms with Crippen LogP contribution >= 0.6 is 27.0 Å². The fraction of sp³-hybridized carbons (Fsp3) is 0.300. The van der Waals surface area contributed by atoms with Gasteiger partial charge in [0.15, 0.2) is 6.04 Å². The number of ether oxygens (including phenoxy) is 3. The normalized spacial score (nSPS) is 12.8. The van der Waals surface area contributed by atoms with Crippen molar-refractivity contribution >= 4 is 45.1 Å². The summed E-state index contributed by atoms with van der Waals surface area (Å²) in [6, 6.07) is 24.0. The SMILES string of the molecule is C[C@H](OCCCNC(=O)OCc1ccccc1)[C@H](NC(=O)OCC1c2ccccc2-c2ccccc21)C(=O)O.S.S. The zero-order valence-corrected chi connectivity index (χ0v) is 24.7. The Hall–Kier alpha value is -3.67. The molecule has 0 saturated heterocycles. The van der Waals surface area contributed by atoms with E-state index in [1.54, 1.807) is 6.92 Å². The van der Waals surface area contributed by atoms with E-state index >= 15 is 0 Å². The lowest BCUT2D eigenvalue weighted by molar-refractivity contribution is -0.143. The molecule has 9 nitrogen and oxygen atoms in total. The molecule has 0 aromatic heterocycles. The Morgan fingerprint density at radius 2 is 1.41 bits per heavy atom. The summed E-state index contributed by atoms with van der Waals surface area (Å²) in [5, 5.41) is 14.7. The van der Waals surface area contributed by atoms with E-state index in [2.05, 4.69) is 10.6 Å². The molecule has 4 rings (SSSR count). The van der Waals surface area contributed by atoms with Crippen LogP contribution in [0.3, 0.4) is 0 Å². The summed E-state index contributed by atoms with van der Waals surface area (Å²) in [6.07, 6.45) is -1.77. The Morgan fingerprint density at radius 1 is 0.829 bits per heavy atom. The number of amides is 2. The van der Waals surface area contributed by atoms with E-state index in [1.165, 1.54) is 0 Å². The molecule has 220 valence electrons. The van der Waals surface area contributed by atoms with E-state index < -0.39 is 30.3 Å². The van der Waals surface area contributed by atoms with Gasteiger partial charge in [-0.1, -0.05) is 78.9 Å². The van der Waals surface area contributed by atoms with Crippen molar-refractivity contribution in [1.82, 2.24) is 10.6 Å². The van der Waals surface area contributed by atoms with Crippen LogP contribution in [0, 0.1) is 0 Å². The molecule has 0 spiro atoms. The Bertz CT molecular complexity index is 1250. The Balaban J connectivity index is 0.00000294. The minimum Gasteiger partial charge on any atom is -0.480 e. The second-order valence-corrected chi connectivity index (χ2v) is 9.20. The van der Waals surface area contributed by atoms with Gasteiger partial charge in [-0.3, -0.25) is 0 Å². The standard InChI is InChI=1S/C30H32N2O7.2H2S/c1-20(37-17-9-16-31-29(35)38-18-21-10-3-2-4-11-21)27(28(33)34)32-30(36)39-19-26-24-14-7-5-12-22(24)23-13-6-8-15-25(23)26;;/h2-8,10-15,20,26-27H,9,16-19H2,1H3,(H,31,35)(H,32,36)(H,33,34);2*1H2/t20-,27-;;/m0../s1. The average Bonchev–Trinajstić information content (AvgIpc) is 3.27. The molecule has 2 atom stereocenters. The number of aliphatic carboxylic acids is 1. The number of carbonyl (C=O) groups is 3. The second kappa shape index (κ2) is 16.6. The molecule has 0 heterocycles. The van der Waals surface area contributed by atoms with Gasteiger partial charge in [0.05, 0.1) is 6.10 Å². The minimum atomic E-state index is -1.30. The van der Waals surface area contributed by atoms with Crippen LogP contribution in [0.25, 0.3) is 11.1 Å². The average molecular weight is 601 g/mol. The topological polar surface area (TPSA) is 123 Å². The van der Waals surface area contributed by atoms with Crippen molar-refractivity contribution in [1.29, 1.82) is 0 Å². The van der Waals surface area contributed by atoms with Gasteiger partial charge in [-0.2, -0.15) is 27.0 Å². The van der Waals surface area contributed by atoms with Gasteiger partial charge in [-0.15, -0.1) is 0 Å². The molecule has 0 radical (unpaired) electrons. The van der Waals surface area contributed by atoms with Gasteiger partial charge in [0.1, 0.15) is 13.2 Å². The molecule has 0 fully saturated rings. The smallest absolute Gasteiger partial charge is 0.407 e. The van der Waals surface area contributed by atoms with E-state index in [-0.39, 0.29) is 59.3 Å². The molecule has 0 saturated carbocycles. The molecule has 3 aromatic carbocycles. The lowest BCUT2D eigenvalue weighted by atomic mass is 9.98. The molecule has 41 heavy (non-hydrogen) atoms. The van der Waals surface area contributed by atoms with Crippen molar-refractivity contribution < 1.29 is 33.7 Å². The zero-order valence-electron chi connectivity index (χ0n) is 22.7. The van der Waals surface area contributed by atoms with Gasteiger partial charge in [-0.05, 0) is 41.2 Å². The molecule has 1 aliphatic rings. The summed E-state index contributed by atoms with van der Waals surface area (Å²) >= 11 is 0. The van der Waals surface area contributed by atoms with Crippen LogP contribution in [-0.4, -0.2) is 55.2 Å². The van der Waals surface area contributed by atoms with E-state index in [0.29, 0.717) is 6.42 Å². The third-order valence-electron chi connectivity index (χ3n) is 6.54. The molecule has 0 bridgehead atoms. The predicted octanol–water partition coefficient (Wildman–Crippen LogP) is 4.93. The number of carbonyl (C=O) groups excluding carboxylic acids is 2. The molecular weight excluding hydrogens is 564 g/mol. The maximum absolute atomic E-state index is 12.5. The Morgan fingerprint density at radius 3 is 2.02 bits per heavy atom. The van der Waals surface area contributed by atoms with Gasteiger partial charge in [0.2, 0.25) is 0 Å². The first-order chi connectivity index (χ1) is 18.9. The molecule has 2 amide bonds. The highest BCUT2D eigenvalue weighted by atomic mass is 32.1. The van der Waals surface area contributed by atoms with Crippen LogP contribution in [0.5, 0.6) is 0 Å². The molecule has 3 aromatic rings. The van der Waals surface area contributed by atoms with Gasteiger partial charge >= 0.3 is 18.2 Å². The molecule has 0 unspecified atom stereocenters. The number of nitrogens with one attached hydrogen (secondary N) is 2. The summed E-state index contributed by atoms with van der Waals surface area (Å²) < 4.78 is 16.2. The molecule has 11 heteroatoms. The number of hydrogen-bond acceptors (Lipinski definition) is 6. The van der Waals surface area contributed by atoms with Gasteiger partial charge < -0.3 is 30.0 Å². The van der Waals surface area contributed by atoms with Crippen LogP contribution in [0.15, 0.2) is 78.9 Å². The van der Waals surface area contributed by atoms with E-state index in [9.17, 15) is 19.5 Å². The number of rotatable bonds is 12. The van der Waals surface area contributed by atoms with Gasteiger partial charge in [0, 0.05) is 19.1 Å². The molecular formula is C30H36N2O7S2. The summed E-state index contributed by atoms with van der Waals surface area (Å²) in [5.41, 5.74) is 5.22. The van der Waals surface area contributed by atoms with E-state index in [0.717, 1.165) is 27.8 Å². The van der Waals surface area contributed by atoms with E-state index in [1.807, 2.05) is 78.9 Å². The number of carboxylic acids is 1.